The first-order chi connectivity index (χ1) is 10.1. The van der Waals surface area contributed by atoms with Gasteiger partial charge in [-0.2, -0.15) is 0 Å². The molecular formula is C15H10BrCl2FN2. The summed E-state index contributed by atoms with van der Waals surface area (Å²) in [5.74, 6) is 0.879. The van der Waals surface area contributed by atoms with Gasteiger partial charge < -0.3 is 0 Å². The van der Waals surface area contributed by atoms with E-state index in [1.807, 2.05) is 16.7 Å². The van der Waals surface area contributed by atoms with Gasteiger partial charge in [0.2, 0.25) is 0 Å². The van der Waals surface area contributed by atoms with E-state index in [1.54, 1.807) is 12.1 Å². The van der Waals surface area contributed by atoms with Crippen LogP contribution in [0.1, 0.15) is 5.82 Å². The molecule has 1 aromatic heterocycles. The number of aromatic nitrogens is 2. The highest BCUT2D eigenvalue weighted by molar-refractivity contribution is 9.10. The minimum atomic E-state index is -0.311. The number of benzene rings is 2. The molecule has 0 unspecified atom stereocenters. The van der Waals surface area contributed by atoms with Crippen molar-refractivity contribution in [3.63, 3.8) is 0 Å². The fourth-order valence-electron chi connectivity index (χ4n) is 2.28. The number of hydrogen-bond acceptors (Lipinski definition) is 1. The Kier molecular flexibility index (Phi) is 4.20. The Morgan fingerprint density at radius 1 is 1.19 bits per heavy atom. The Morgan fingerprint density at radius 2 is 2.00 bits per heavy atom. The van der Waals surface area contributed by atoms with Gasteiger partial charge in [-0.1, -0.05) is 27.5 Å². The van der Waals surface area contributed by atoms with Crippen LogP contribution in [0.5, 0.6) is 0 Å². The Bertz CT molecular complexity index is 817. The molecule has 0 aliphatic rings. The molecule has 0 aliphatic carbocycles. The molecule has 6 heteroatoms. The summed E-state index contributed by atoms with van der Waals surface area (Å²) in [4.78, 5) is 4.52. The third-order valence-corrected chi connectivity index (χ3v) is 4.14. The SMILES string of the molecule is Fc1ccc2nc(CCCl)n(-c3ccc(Br)cc3Cl)c2c1. The van der Waals surface area contributed by atoms with Gasteiger partial charge in [0, 0.05) is 22.8 Å². The second kappa shape index (κ2) is 5.95. The molecule has 3 aromatic rings. The highest BCUT2D eigenvalue weighted by Gasteiger charge is 2.15. The predicted molar refractivity (Wildman–Crippen MR) is 88.2 cm³/mol. The van der Waals surface area contributed by atoms with E-state index < -0.39 is 0 Å². The number of imidazole rings is 1. The maximum Gasteiger partial charge on any atom is 0.125 e. The molecule has 108 valence electrons. The predicted octanol–water partition coefficient (Wildman–Crippen LogP) is 5.36. The van der Waals surface area contributed by atoms with Gasteiger partial charge in [-0.05, 0) is 30.3 Å². The Morgan fingerprint density at radius 3 is 2.71 bits per heavy atom. The van der Waals surface area contributed by atoms with Crippen molar-refractivity contribution in [3.8, 4) is 5.69 Å². The standard InChI is InChI=1S/C15H10BrCl2FN2/c16-9-1-4-13(11(18)7-9)21-14-8-10(19)2-3-12(14)20-15(21)5-6-17/h1-4,7-8H,5-6H2. The van der Waals surface area contributed by atoms with Crippen molar-refractivity contribution in [1.82, 2.24) is 9.55 Å². The van der Waals surface area contributed by atoms with Crippen LogP contribution in [0.25, 0.3) is 16.7 Å². The summed E-state index contributed by atoms with van der Waals surface area (Å²) in [5.41, 5.74) is 2.16. The molecule has 0 amide bonds. The molecule has 0 spiro atoms. The average Bonchev–Trinajstić information content (AvgIpc) is 2.77. The third-order valence-electron chi connectivity index (χ3n) is 3.15. The lowest BCUT2D eigenvalue weighted by molar-refractivity contribution is 0.629. The molecule has 0 saturated heterocycles. The van der Waals surface area contributed by atoms with Crippen LogP contribution < -0.4 is 0 Å². The maximum absolute atomic E-state index is 13.6. The summed E-state index contributed by atoms with van der Waals surface area (Å²) in [6.45, 7) is 0. The third kappa shape index (κ3) is 2.80. The minimum Gasteiger partial charge on any atom is -0.295 e. The highest BCUT2D eigenvalue weighted by atomic mass is 79.9. The number of aryl methyl sites for hydroxylation is 1. The van der Waals surface area contributed by atoms with E-state index in [1.165, 1.54) is 12.1 Å². The lowest BCUT2D eigenvalue weighted by Crippen LogP contribution is -2.03. The van der Waals surface area contributed by atoms with E-state index in [0.717, 1.165) is 21.5 Å². The van der Waals surface area contributed by atoms with Crippen molar-refractivity contribution in [1.29, 1.82) is 0 Å². The zero-order valence-corrected chi connectivity index (χ0v) is 13.9. The highest BCUT2D eigenvalue weighted by Crippen LogP contribution is 2.30. The summed E-state index contributed by atoms with van der Waals surface area (Å²) >= 11 is 15.6. The van der Waals surface area contributed by atoms with Crippen LogP contribution >= 0.6 is 39.1 Å². The van der Waals surface area contributed by atoms with Gasteiger partial charge >= 0.3 is 0 Å². The largest absolute Gasteiger partial charge is 0.295 e. The van der Waals surface area contributed by atoms with Crippen molar-refractivity contribution in [2.24, 2.45) is 0 Å². The smallest absolute Gasteiger partial charge is 0.125 e. The van der Waals surface area contributed by atoms with Crippen LogP contribution in [0.4, 0.5) is 4.39 Å². The van der Waals surface area contributed by atoms with Gasteiger partial charge in [-0.15, -0.1) is 11.6 Å². The topological polar surface area (TPSA) is 17.8 Å². The number of nitrogens with zero attached hydrogens (tertiary/aromatic N) is 2. The minimum absolute atomic E-state index is 0.311. The Hall–Kier alpha value is -1.10. The molecule has 0 N–H and O–H groups in total. The van der Waals surface area contributed by atoms with Crippen LogP contribution in [0.3, 0.4) is 0 Å². The van der Waals surface area contributed by atoms with Crippen molar-refractivity contribution >= 4 is 50.2 Å². The van der Waals surface area contributed by atoms with E-state index in [-0.39, 0.29) is 5.82 Å². The van der Waals surface area contributed by atoms with Gasteiger partial charge in [-0.25, -0.2) is 9.37 Å². The zero-order valence-electron chi connectivity index (χ0n) is 10.8. The number of rotatable bonds is 3. The zero-order chi connectivity index (χ0) is 15.0. The lowest BCUT2D eigenvalue weighted by Gasteiger charge is -2.11. The summed E-state index contributed by atoms with van der Waals surface area (Å²) < 4.78 is 16.3. The molecule has 2 aromatic carbocycles. The molecule has 0 radical (unpaired) electrons. The molecule has 0 saturated carbocycles. The normalized spacial score (nSPS) is 11.2. The Balaban J connectivity index is 2.32. The first kappa shape index (κ1) is 14.8. The van der Waals surface area contributed by atoms with Crippen molar-refractivity contribution < 1.29 is 4.39 Å². The van der Waals surface area contributed by atoms with E-state index in [4.69, 9.17) is 23.2 Å². The van der Waals surface area contributed by atoms with E-state index >= 15 is 0 Å². The van der Waals surface area contributed by atoms with Gasteiger partial charge in [0.1, 0.15) is 11.6 Å². The fourth-order valence-corrected chi connectivity index (χ4v) is 3.21. The van der Waals surface area contributed by atoms with Crippen LogP contribution in [0.15, 0.2) is 40.9 Å². The second-order valence-electron chi connectivity index (χ2n) is 4.53. The molecular weight excluding hydrogens is 378 g/mol. The summed E-state index contributed by atoms with van der Waals surface area (Å²) in [7, 11) is 0. The number of hydrogen-bond donors (Lipinski definition) is 0. The van der Waals surface area contributed by atoms with Crippen molar-refractivity contribution in [3.05, 3.63) is 57.5 Å². The first-order valence-corrected chi connectivity index (χ1v) is 7.99. The van der Waals surface area contributed by atoms with Crippen molar-refractivity contribution in [2.75, 3.05) is 5.88 Å². The molecule has 0 bridgehead atoms. The lowest BCUT2D eigenvalue weighted by atomic mass is 10.2. The van der Waals surface area contributed by atoms with E-state index in [0.29, 0.717) is 22.8 Å². The second-order valence-corrected chi connectivity index (χ2v) is 6.23. The van der Waals surface area contributed by atoms with Gasteiger partial charge in [0.25, 0.3) is 0 Å². The quantitative estimate of drug-likeness (QED) is 0.553. The average molecular weight is 388 g/mol. The maximum atomic E-state index is 13.6. The number of fused-ring (bicyclic) bond motifs is 1. The van der Waals surface area contributed by atoms with Crippen molar-refractivity contribution in [2.45, 2.75) is 6.42 Å². The molecule has 21 heavy (non-hydrogen) atoms. The fraction of sp³-hybridized carbons (Fsp3) is 0.133. The Labute approximate surface area is 139 Å². The van der Waals surface area contributed by atoms with Crippen LogP contribution in [-0.2, 0) is 6.42 Å². The molecule has 0 atom stereocenters. The van der Waals surface area contributed by atoms with Crippen LogP contribution in [0.2, 0.25) is 5.02 Å². The monoisotopic (exact) mass is 386 g/mol. The summed E-state index contributed by atoms with van der Waals surface area (Å²) in [5, 5.41) is 0.559. The van der Waals surface area contributed by atoms with Gasteiger partial charge in [-0.3, -0.25) is 4.57 Å². The van der Waals surface area contributed by atoms with E-state index in [9.17, 15) is 4.39 Å². The summed E-state index contributed by atoms with van der Waals surface area (Å²) in [6, 6.07) is 10.1. The molecule has 0 aliphatic heterocycles. The summed E-state index contributed by atoms with van der Waals surface area (Å²) in [6.07, 6.45) is 0.574. The van der Waals surface area contributed by atoms with E-state index in [2.05, 4.69) is 20.9 Å². The van der Waals surface area contributed by atoms with Gasteiger partial charge in [0.05, 0.1) is 21.7 Å². The van der Waals surface area contributed by atoms with Crippen LogP contribution in [0, 0.1) is 5.82 Å². The molecule has 2 nitrogen and oxygen atoms in total. The van der Waals surface area contributed by atoms with Gasteiger partial charge in [0.15, 0.2) is 0 Å². The molecule has 0 fully saturated rings. The first-order valence-electron chi connectivity index (χ1n) is 6.28. The number of halogens is 4. The number of alkyl halides is 1. The van der Waals surface area contributed by atoms with Crippen LogP contribution in [-0.4, -0.2) is 15.4 Å². The molecule has 3 rings (SSSR count). The molecule has 1 heterocycles.